The first-order valence-corrected chi connectivity index (χ1v) is 6.56. The first kappa shape index (κ1) is 12.3. The average Bonchev–Trinajstić information content (AvgIpc) is 2.76. The summed E-state index contributed by atoms with van der Waals surface area (Å²) < 4.78 is 0. The van der Waals surface area contributed by atoms with E-state index in [0.717, 1.165) is 32.9 Å². The Kier molecular flexibility index (Phi) is 3.97. The van der Waals surface area contributed by atoms with E-state index in [1.165, 1.54) is 0 Å². The topological polar surface area (TPSA) is 37.1 Å². The van der Waals surface area contributed by atoms with E-state index < -0.39 is 0 Å². The van der Waals surface area contributed by atoms with Crippen LogP contribution in [0.2, 0.25) is 5.02 Å². The molecule has 0 aromatic heterocycles. The van der Waals surface area contributed by atoms with Crippen molar-refractivity contribution in [3.05, 3.63) is 34.9 Å². The van der Waals surface area contributed by atoms with Gasteiger partial charge in [0.1, 0.15) is 0 Å². The lowest BCUT2D eigenvalue weighted by molar-refractivity contribution is 1.22. The van der Waals surface area contributed by atoms with Crippen LogP contribution in [0.15, 0.2) is 39.5 Å². The van der Waals surface area contributed by atoms with Crippen molar-refractivity contribution in [2.24, 2.45) is 15.2 Å². The summed E-state index contributed by atoms with van der Waals surface area (Å²) in [7, 11) is 0. The monoisotopic (exact) mass is 265 g/mol. The van der Waals surface area contributed by atoms with E-state index in [4.69, 9.17) is 11.6 Å². The third-order valence-corrected chi connectivity index (χ3v) is 3.18. The number of hydrogen-bond acceptors (Lipinski definition) is 3. The molecule has 0 fully saturated rings. The molecule has 0 unspecified atom stereocenters. The minimum Gasteiger partial charge on any atom is -0.225 e. The molecule has 2 rings (SSSR count). The van der Waals surface area contributed by atoms with Crippen molar-refractivity contribution < 1.29 is 0 Å². The highest BCUT2D eigenvalue weighted by Crippen LogP contribution is 2.20. The van der Waals surface area contributed by atoms with Crippen molar-refractivity contribution in [3.8, 4) is 0 Å². The zero-order valence-corrected chi connectivity index (χ0v) is 11.2. The second-order valence-electron chi connectivity index (χ2n) is 3.78. The Bertz CT molecular complexity index is 499. The molecule has 1 aromatic carbocycles. The molecule has 0 radical (unpaired) electrons. The first-order valence-electron chi connectivity index (χ1n) is 5.20. The summed E-state index contributed by atoms with van der Waals surface area (Å²) in [6.07, 6.45) is 0. The third-order valence-electron chi connectivity index (χ3n) is 2.08. The summed E-state index contributed by atoms with van der Waals surface area (Å²) in [5.74, 6) is 0.832. The average molecular weight is 266 g/mol. The Hall–Kier alpha value is -1.13. The van der Waals surface area contributed by atoms with Crippen molar-refractivity contribution in [1.29, 1.82) is 0 Å². The van der Waals surface area contributed by atoms with Gasteiger partial charge in [-0.2, -0.15) is 5.10 Å². The van der Waals surface area contributed by atoms with Crippen molar-refractivity contribution in [2.75, 3.05) is 5.75 Å². The van der Waals surface area contributed by atoms with Gasteiger partial charge in [-0.3, -0.25) is 0 Å². The summed E-state index contributed by atoms with van der Waals surface area (Å²) in [6.45, 7) is 3.82. The lowest BCUT2D eigenvalue weighted by atomic mass is 10.1. The fraction of sp³-hybridized carbons (Fsp3) is 0.250. The number of rotatable bonds is 2. The molecule has 0 atom stereocenters. The molecule has 0 saturated heterocycles. The lowest BCUT2D eigenvalue weighted by Gasteiger charge is -1.97. The summed E-state index contributed by atoms with van der Waals surface area (Å²) in [6, 6.07) is 7.68. The van der Waals surface area contributed by atoms with Gasteiger partial charge in [-0.15, -0.1) is 5.10 Å². The maximum absolute atomic E-state index is 5.85. The quantitative estimate of drug-likeness (QED) is 0.594. The van der Waals surface area contributed by atoms with Gasteiger partial charge in [-0.1, -0.05) is 35.5 Å². The number of nitrogens with zero attached hydrogens (tertiary/aromatic N) is 3. The Morgan fingerprint density at radius 2 is 2.00 bits per heavy atom. The largest absolute Gasteiger partial charge is 0.225 e. The van der Waals surface area contributed by atoms with Crippen molar-refractivity contribution in [1.82, 2.24) is 0 Å². The van der Waals surface area contributed by atoms with Gasteiger partial charge in [-0.25, -0.2) is 4.99 Å². The number of benzene rings is 1. The van der Waals surface area contributed by atoms with Crippen molar-refractivity contribution in [3.63, 3.8) is 0 Å². The molecule has 0 amide bonds. The highest BCUT2D eigenvalue weighted by Gasteiger charge is 2.14. The molecule has 5 heteroatoms. The Morgan fingerprint density at radius 1 is 1.29 bits per heavy atom. The first-order chi connectivity index (χ1) is 8.15. The van der Waals surface area contributed by atoms with Gasteiger partial charge < -0.3 is 0 Å². The van der Waals surface area contributed by atoms with E-state index in [2.05, 4.69) is 15.2 Å². The molecule has 1 aliphatic heterocycles. The fourth-order valence-corrected chi connectivity index (χ4v) is 2.19. The summed E-state index contributed by atoms with van der Waals surface area (Å²) in [4.78, 5) is 4.44. The lowest BCUT2D eigenvalue weighted by Crippen LogP contribution is -1.98. The van der Waals surface area contributed by atoms with E-state index in [9.17, 15) is 0 Å². The molecule has 0 aliphatic carbocycles. The van der Waals surface area contributed by atoms with Crippen LogP contribution in [0.1, 0.15) is 19.4 Å². The Balaban J connectivity index is 2.19. The molecule has 1 aliphatic rings. The van der Waals surface area contributed by atoms with Crippen LogP contribution in [0.25, 0.3) is 0 Å². The maximum Gasteiger partial charge on any atom is 0.209 e. The molecule has 1 aromatic rings. The van der Waals surface area contributed by atoms with E-state index >= 15 is 0 Å². The highest BCUT2D eigenvalue weighted by molar-refractivity contribution is 8.15. The molecular weight excluding hydrogens is 254 g/mol. The van der Waals surface area contributed by atoms with Gasteiger partial charge in [0, 0.05) is 16.5 Å². The zero-order valence-electron chi connectivity index (χ0n) is 9.64. The number of thioether (sulfide) groups is 1. The number of aliphatic imine (C=N–C) groups is 1. The summed E-state index contributed by atoms with van der Waals surface area (Å²) >= 11 is 7.44. The van der Waals surface area contributed by atoms with Crippen LogP contribution in [0.4, 0.5) is 0 Å². The normalized spacial score (nSPS) is 17.1. The van der Waals surface area contributed by atoms with Crippen LogP contribution >= 0.6 is 23.4 Å². The van der Waals surface area contributed by atoms with Crippen LogP contribution in [-0.2, 0) is 0 Å². The van der Waals surface area contributed by atoms with E-state index in [1.54, 1.807) is 11.8 Å². The van der Waals surface area contributed by atoms with Crippen molar-refractivity contribution in [2.45, 2.75) is 13.8 Å². The minimum atomic E-state index is 0.719. The molecule has 3 nitrogen and oxygen atoms in total. The number of amidine groups is 1. The van der Waals surface area contributed by atoms with E-state index in [0.29, 0.717) is 0 Å². The van der Waals surface area contributed by atoms with Crippen LogP contribution in [0.3, 0.4) is 0 Å². The standard InChI is InChI=1S/C12H12ClN3S/c1-8(2)15-16-12-14-11(7-17-12)9-3-5-10(13)6-4-9/h3-6H,7H2,1-2H3. The highest BCUT2D eigenvalue weighted by atomic mass is 35.5. The van der Waals surface area contributed by atoms with Gasteiger partial charge >= 0.3 is 0 Å². The number of hydrogen-bond donors (Lipinski definition) is 0. The smallest absolute Gasteiger partial charge is 0.209 e. The van der Waals surface area contributed by atoms with Gasteiger partial charge in [-0.05, 0) is 31.5 Å². The fourth-order valence-electron chi connectivity index (χ4n) is 1.30. The predicted octanol–water partition coefficient (Wildman–Crippen LogP) is 3.63. The van der Waals surface area contributed by atoms with Crippen LogP contribution < -0.4 is 0 Å². The van der Waals surface area contributed by atoms with Crippen LogP contribution in [0, 0.1) is 0 Å². The van der Waals surface area contributed by atoms with Gasteiger partial charge in [0.25, 0.3) is 0 Å². The molecule has 0 bridgehead atoms. The number of halogens is 1. The second-order valence-corrected chi connectivity index (χ2v) is 5.16. The van der Waals surface area contributed by atoms with E-state index in [-0.39, 0.29) is 0 Å². The van der Waals surface area contributed by atoms with Crippen molar-refractivity contribution >= 4 is 40.0 Å². The molecule has 17 heavy (non-hydrogen) atoms. The van der Waals surface area contributed by atoms with Gasteiger partial charge in [0.15, 0.2) is 0 Å². The summed E-state index contributed by atoms with van der Waals surface area (Å²) in [5.41, 5.74) is 3.03. The molecule has 0 saturated carbocycles. The van der Waals surface area contributed by atoms with Gasteiger partial charge in [0.2, 0.25) is 5.17 Å². The summed E-state index contributed by atoms with van der Waals surface area (Å²) in [5, 5.41) is 9.53. The van der Waals surface area contributed by atoms with E-state index in [1.807, 2.05) is 38.1 Å². The molecule has 0 N–H and O–H groups in total. The molecule has 0 spiro atoms. The minimum absolute atomic E-state index is 0.719. The molecular formula is C12H12ClN3S. The van der Waals surface area contributed by atoms with Gasteiger partial charge in [0.05, 0.1) is 5.71 Å². The SMILES string of the molecule is CC(C)=NN=C1N=C(c2ccc(Cl)cc2)CS1. The molecule has 1 heterocycles. The Morgan fingerprint density at radius 3 is 2.65 bits per heavy atom. The maximum atomic E-state index is 5.85. The third kappa shape index (κ3) is 3.41. The second kappa shape index (κ2) is 5.47. The predicted molar refractivity (Wildman–Crippen MR) is 76.7 cm³/mol. The zero-order chi connectivity index (χ0) is 12.3. The van der Waals surface area contributed by atoms with Crippen LogP contribution in [0.5, 0.6) is 0 Å². The molecule has 88 valence electrons. The van der Waals surface area contributed by atoms with Crippen LogP contribution in [-0.4, -0.2) is 22.3 Å². The Labute approximate surface area is 110 Å².